The molecule has 2 fully saturated rings. The lowest BCUT2D eigenvalue weighted by Gasteiger charge is -2.34. The molecule has 2 atom stereocenters. The third-order valence-corrected chi connectivity index (χ3v) is 3.99. The van der Waals surface area contributed by atoms with E-state index in [0.29, 0.717) is 6.10 Å². The molecule has 2 rings (SSSR count). The molecule has 0 aromatic heterocycles. The molecule has 0 saturated carbocycles. The Labute approximate surface area is 88.5 Å². The van der Waals surface area contributed by atoms with Crippen molar-refractivity contribution in [2.24, 2.45) is 0 Å². The highest BCUT2D eigenvalue weighted by molar-refractivity contribution is 6.13. The van der Waals surface area contributed by atoms with Crippen LogP contribution in [-0.2, 0) is 14.2 Å². The largest absolute Gasteiger partial charge is 0.373 e. The summed E-state index contributed by atoms with van der Waals surface area (Å²) in [5, 5.41) is 0. The molecule has 2 saturated heterocycles. The van der Waals surface area contributed by atoms with Crippen molar-refractivity contribution < 1.29 is 14.2 Å². The standard InChI is InChI=1S/C10H20O3Si/c14-10(5-1-2-6-12-10)13-7-3-4-9-8-11-9/h9H,1-8H2,14H3. The molecule has 3 nitrogen and oxygen atoms in total. The topological polar surface area (TPSA) is 31.0 Å². The molecule has 2 aliphatic heterocycles. The van der Waals surface area contributed by atoms with Gasteiger partial charge in [-0.3, -0.25) is 0 Å². The normalized spacial score (nSPS) is 37.3. The Balaban J connectivity index is 1.57. The molecule has 0 bridgehead atoms. The van der Waals surface area contributed by atoms with E-state index in [2.05, 4.69) is 0 Å². The zero-order valence-corrected chi connectivity index (χ0v) is 11.0. The molecule has 14 heavy (non-hydrogen) atoms. The Bertz CT molecular complexity index is 176. The van der Waals surface area contributed by atoms with Gasteiger partial charge in [-0.2, -0.15) is 0 Å². The highest BCUT2D eigenvalue weighted by Crippen LogP contribution is 2.23. The Morgan fingerprint density at radius 3 is 2.93 bits per heavy atom. The van der Waals surface area contributed by atoms with E-state index in [1.165, 1.54) is 12.8 Å². The van der Waals surface area contributed by atoms with Crippen LogP contribution in [0.25, 0.3) is 0 Å². The molecule has 4 heteroatoms. The van der Waals surface area contributed by atoms with E-state index in [1.807, 2.05) is 0 Å². The highest BCUT2D eigenvalue weighted by atomic mass is 28.1. The van der Waals surface area contributed by atoms with Gasteiger partial charge in [-0.15, -0.1) is 0 Å². The molecule has 0 aromatic carbocycles. The summed E-state index contributed by atoms with van der Waals surface area (Å²) in [6.45, 7) is 2.68. The van der Waals surface area contributed by atoms with E-state index in [4.69, 9.17) is 14.2 Å². The molecule has 2 heterocycles. The first-order valence-electron chi connectivity index (χ1n) is 5.68. The van der Waals surface area contributed by atoms with Crippen molar-refractivity contribution in [3.63, 3.8) is 0 Å². The van der Waals surface area contributed by atoms with Crippen molar-refractivity contribution in [2.45, 2.75) is 43.6 Å². The van der Waals surface area contributed by atoms with Gasteiger partial charge in [0.1, 0.15) is 5.41 Å². The van der Waals surface area contributed by atoms with Crippen molar-refractivity contribution >= 4 is 10.2 Å². The second kappa shape index (κ2) is 4.75. The molecular formula is C10H20O3Si. The van der Waals surface area contributed by atoms with Crippen molar-refractivity contribution in [2.75, 3.05) is 19.8 Å². The molecule has 82 valence electrons. The molecule has 0 N–H and O–H groups in total. The van der Waals surface area contributed by atoms with Crippen LogP contribution in [0.2, 0.25) is 0 Å². The summed E-state index contributed by atoms with van der Waals surface area (Å²) in [6, 6.07) is 0. The Hall–Kier alpha value is 0.0969. The number of hydrogen-bond donors (Lipinski definition) is 0. The summed E-state index contributed by atoms with van der Waals surface area (Å²) >= 11 is 0. The maximum absolute atomic E-state index is 5.83. The number of epoxide rings is 1. The molecule has 0 amide bonds. The van der Waals surface area contributed by atoms with Gasteiger partial charge < -0.3 is 14.2 Å². The number of rotatable bonds is 5. The Kier molecular flexibility index (Phi) is 3.60. The van der Waals surface area contributed by atoms with Crippen molar-refractivity contribution in [3.8, 4) is 0 Å². The molecule has 0 aliphatic carbocycles. The maximum atomic E-state index is 5.83. The van der Waals surface area contributed by atoms with Crippen molar-refractivity contribution in [3.05, 3.63) is 0 Å². The molecule has 0 radical (unpaired) electrons. The maximum Gasteiger partial charge on any atom is 0.141 e. The first kappa shape index (κ1) is 10.6. The quantitative estimate of drug-likeness (QED) is 0.379. The average Bonchev–Trinajstić information content (AvgIpc) is 2.97. The average molecular weight is 216 g/mol. The minimum atomic E-state index is -0.164. The van der Waals surface area contributed by atoms with Crippen LogP contribution in [0, 0.1) is 0 Å². The number of hydrogen-bond acceptors (Lipinski definition) is 3. The smallest absolute Gasteiger partial charge is 0.141 e. The number of ether oxygens (including phenoxy) is 3. The molecule has 2 aliphatic rings. The summed E-state index contributed by atoms with van der Waals surface area (Å²) in [5.41, 5.74) is -0.164. The molecule has 0 aromatic rings. The first-order valence-corrected chi connectivity index (χ1v) is 6.68. The lowest BCUT2D eigenvalue weighted by molar-refractivity contribution is -0.198. The van der Waals surface area contributed by atoms with Gasteiger partial charge in [0.25, 0.3) is 0 Å². The fourth-order valence-corrected chi connectivity index (χ4v) is 2.62. The molecule has 0 spiro atoms. The lowest BCUT2D eigenvalue weighted by Crippen LogP contribution is -2.40. The predicted octanol–water partition coefficient (Wildman–Crippen LogP) is 0.402. The van der Waals surface area contributed by atoms with E-state index in [1.54, 1.807) is 0 Å². The summed E-state index contributed by atoms with van der Waals surface area (Å²) in [6.07, 6.45) is 6.35. The molecule has 2 unspecified atom stereocenters. The van der Waals surface area contributed by atoms with Gasteiger partial charge in [0.2, 0.25) is 0 Å². The SMILES string of the molecule is [SiH3]C1(OCCCC2CO2)CCCCO1. The van der Waals surface area contributed by atoms with E-state index in [-0.39, 0.29) is 5.41 Å². The second-order valence-electron chi connectivity index (χ2n) is 4.39. The van der Waals surface area contributed by atoms with Crippen molar-refractivity contribution in [1.82, 2.24) is 0 Å². The van der Waals surface area contributed by atoms with Gasteiger partial charge >= 0.3 is 0 Å². The third kappa shape index (κ3) is 3.35. The van der Waals surface area contributed by atoms with E-state index >= 15 is 0 Å². The van der Waals surface area contributed by atoms with Crippen LogP contribution in [0.3, 0.4) is 0 Å². The summed E-state index contributed by atoms with van der Waals surface area (Å²) in [4.78, 5) is 0. The van der Waals surface area contributed by atoms with Gasteiger partial charge in [0, 0.05) is 13.2 Å². The fraction of sp³-hybridized carbons (Fsp3) is 1.00. The van der Waals surface area contributed by atoms with Crippen LogP contribution in [0.15, 0.2) is 0 Å². The van der Waals surface area contributed by atoms with Crippen molar-refractivity contribution in [1.29, 1.82) is 0 Å². The zero-order chi connectivity index (χ0) is 9.86. The third-order valence-electron chi connectivity index (χ3n) is 2.91. The van der Waals surface area contributed by atoms with Gasteiger partial charge in [-0.1, -0.05) is 0 Å². The van der Waals surface area contributed by atoms with Crippen LogP contribution >= 0.6 is 0 Å². The Morgan fingerprint density at radius 1 is 1.43 bits per heavy atom. The van der Waals surface area contributed by atoms with E-state index in [0.717, 1.165) is 49.3 Å². The first-order chi connectivity index (χ1) is 6.79. The summed E-state index contributed by atoms with van der Waals surface area (Å²) in [5.74, 6) is 0. The van der Waals surface area contributed by atoms with Gasteiger partial charge in [-0.05, 0) is 32.1 Å². The monoisotopic (exact) mass is 216 g/mol. The predicted molar refractivity (Wildman–Crippen MR) is 57.4 cm³/mol. The van der Waals surface area contributed by atoms with Crippen LogP contribution in [0.1, 0.15) is 32.1 Å². The zero-order valence-electron chi connectivity index (χ0n) is 8.96. The van der Waals surface area contributed by atoms with Crippen LogP contribution in [0.5, 0.6) is 0 Å². The van der Waals surface area contributed by atoms with Crippen LogP contribution in [0.4, 0.5) is 0 Å². The van der Waals surface area contributed by atoms with E-state index in [9.17, 15) is 0 Å². The lowest BCUT2D eigenvalue weighted by atomic mass is 10.2. The van der Waals surface area contributed by atoms with E-state index < -0.39 is 0 Å². The minimum absolute atomic E-state index is 0.164. The fourth-order valence-electron chi connectivity index (χ4n) is 1.86. The highest BCUT2D eigenvalue weighted by Gasteiger charge is 2.28. The Morgan fingerprint density at radius 2 is 2.29 bits per heavy atom. The summed E-state index contributed by atoms with van der Waals surface area (Å²) in [7, 11) is 0.983. The molecular weight excluding hydrogens is 196 g/mol. The van der Waals surface area contributed by atoms with Gasteiger partial charge in [-0.25, -0.2) is 0 Å². The van der Waals surface area contributed by atoms with Gasteiger partial charge in [0.05, 0.1) is 23.0 Å². The minimum Gasteiger partial charge on any atom is -0.373 e. The van der Waals surface area contributed by atoms with Crippen LogP contribution < -0.4 is 0 Å². The van der Waals surface area contributed by atoms with Gasteiger partial charge in [0.15, 0.2) is 0 Å². The summed E-state index contributed by atoms with van der Waals surface area (Å²) < 4.78 is 16.7. The second-order valence-corrected chi connectivity index (χ2v) is 5.91. The van der Waals surface area contributed by atoms with Crippen LogP contribution in [-0.4, -0.2) is 41.6 Å².